The third-order valence-electron chi connectivity index (χ3n) is 3.43. The zero-order valence-corrected chi connectivity index (χ0v) is 13.7. The molecule has 0 spiro atoms. The summed E-state index contributed by atoms with van der Waals surface area (Å²) >= 11 is 3.53. The van der Waals surface area contributed by atoms with Crippen LogP contribution in [0.4, 0.5) is 0 Å². The second-order valence-electron chi connectivity index (χ2n) is 5.25. The smallest absolute Gasteiger partial charge is 0.176 e. The van der Waals surface area contributed by atoms with Gasteiger partial charge in [0.05, 0.1) is 4.83 Å². The first-order valence-corrected chi connectivity index (χ1v) is 8.31. The summed E-state index contributed by atoms with van der Waals surface area (Å²) < 4.78 is 0. The summed E-state index contributed by atoms with van der Waals surface area (Å²) in [5.74, 6) is 0.216. The lowest BCUT2D eigenvalue weighted by molar-refractivity contribution is 0.0988. The summed E-state index contributed by atoms with van der Waals surface area (Å²) in [5, 5.41) is 0. The fraction of sp³-hybridized carbons (Fsp3) is 0.588. The SMILES string of the molecule is CCCCCCCCC(Br)C(=O)c1ccc(C)cc1. The molecular weight excluding hydrogens is 300 g/mol. The van der Waals surface area contributed by atoms with Crippen molar-refractivity contribution in [2.24, 2.45) is 0 Å². The Hall–Kier alpha value is -0.630. The van der Waals surface area contributed by atoms with Crippen molar-refractivity contribution in [2.75, 3.05) is 0 Å². The van der Waals surface area contributed by atoms with Gasteiger partial charge in [-0.05, 0) is 13.3 Å². The van der Waals surface area contributed by atoms with E-state index in [4.69, 9.17) is 0 Å². The fourth-order valence-corrected chi connectivity index (χ4v) is 2.72. The van der Waals surface area contributed by atoms with Crippen molar-refractivity contribution < 1.29 is 4.79 Å². The molecule has 0 fully saturated rings. The van der Waals surface area contributed by atoms with Gasteiger partial charge in [-0.15, -0.1) is 0 Å². The molecule has 0 aromatic heterocycles. The number of aryl methyl sites for hydroxylation is 1. The van der Waals surface area contributed by atoms with Crippen molar-refractivity contribution in [2.45, 2.75) is 63.6 Å². The highest BCUT2D eigenvalue weighted by Crippen LogP contribution is 2.18. The zero-order chi connectivity index (χ0) is 14.1. The van der Waals surface area contributed by atoms with E-state index >= 15 is 0 Å². The van der Waals surface area contributed by atoms with Crippen LogP contribution in [0, 0.1) is 6.92 Å². The molecule has 0 aliphatic carbocycles. The molecule has 2 heteroatoms. The number of halogens is 1. The number of Topliss-reactive ketones (excluding diaryl/α,β-unsaturated/α-hetero) is 1. The van der Waals surface area contributed by atoms with E-state index in [1.54, 1.807) is 0 Å². The van der Waals surface area contributed by atoms with Gasteiger partial charge in [0.1, 0.15) is 0 Å². The van der Waals surface area contributed by atoms with Crippen molar-refractivity contribution in [1.82, 2.24) is 0 Å². The van der Waals surface area contributed by atoms with Crippen molar-refractivity contribution >= 4 is 21.7 Å². The van der Waals surface area contributed by atoms with E-state index in [-0.39, 0.29) is 10.6 Å². The number of hydrogen-bond acceptors (Lipinski definition) is 1. The molecule has 0 aliphatic rings. The Labute approximate surface area is 125 Å². The van der Waals surface area contributed by atoms with Gasteiger partial charge in [-0.2, -0.15) is 0 Å². The number of alkyl halides is 1. The molecule has 0 heterocycles. The average Bonchev–Trinajstić information content (AvgIpc) is 2.42. The molecule has 0 amide bonds. The van der Waals surface area contributed by atoms with Gasteiger partial charge in [-0.3, -0.25) is 4.79 Å². The Morgan fingerprint density at radius 3 is 2.26 bits per heavy atom. The first-order valence-electron chi connectivity index (χ1n) is 7.40. The minimum absolute atomic E-state index is 0.0265. The first-order chi connectivity index (χ1) is 9.15. The van der Waals surface area contributed by atoms with Gasteiger partial charge in [0, 0.05) is 5.56 Å². The van der Waals surface area contributed by atoms with Gasteiger partial charge in [0.25, 0.3) is 0 Å². The molecule has 0 bridgehead atoms. The number of ketones is 1. The number of benzene rings is 1. The third-order valence-corrected chi connectivity index (χ3v) is 4.31. The van der Waals surface area contributed by atoms with Crippen LogP contribution in [0.5, 0.6) is 0 Å². The molecule has 0 N–H and O–H groups in total. The lowest BCUT2D eigenvalue weighted by Gasteiger charge is -2.09. The van der Waals surface area contributed by atoms with Gasteiger partial charge >= 0.3 is 0 Å². The quantitative estimate of drug-likeness (QED) is 0.324. The van der Waals surface area contributed by atoms with Gasteiger partial charge in [0.15, 0.2) is 5.78 Å². The Morgan fingerprint density at radius 1 is 1.05 bits per heavy atom. The maximum absolute atomic E-state index is 12.2. The Morgan fingerprint density at radius 2 is 1.63 bits per heavy atom. The van der Waals surface area contributed by atoms with Gasteiger partial charge < -0.3 is 0 Å². The minimum Gasteiger partial charge on any atom is -0.293 e. The van der Waals surface area contributed by atoms with E-state index in [0.717, 1.165) is 18.4 Å². The van der Waals surface area contributed by atoms with Crippen LogP contribution < -0.4 is 0 Å². The highest BCUT2D eigenvalue weighted by molar-refractivity contribution is 9.10. The van der Waals surface area contributed by atoms with Crippen LogP contribution in [0.25, 0.3) is 0 Å². The van der Waals surface area contributed by atoms with E-state index in [9.17, 15) is 4.79 Å². The minimum atomic E-state index is -0.0265. The standard InChI is InChI=1S/C17H25BrO/c1-3-4-5-6-7-8-9-16(18)17(19)15-12-10-14(2)11-13-15/h10-13,16H,3-9H2,1-2H3. The molecule has 1 atom stereocenters. The van der Waals surface area contributed by atoms with Crippen LogP contribution in [0.15, 0.2) is 24.3 Å². The van der Waals surface area contributed by atoms with Gasteiger partial charge in [0.2, 0.25) is 0 Å². The summed E-state index contributed by atoms with van der Waals surface area (Å²) in [4.78, 5) is 12.1. The summed E-state index contributed by atoms with van der Waals surface area (Å²) in [7, 11) is 0. The van der Waals surface area contributed by atoms with Crippen molar-refractivity contribution in [1.29, 1.82) is 0 Å². The average molecular weight is 325 g/mol. The third kappa shape index (κ3) is 6.38. The predicted molar refractivity (Wildman–Crippen MR) is 86.2 cm³/mol. The molecular formula is C17H25BrO. The maximum atomic E-state index is 12.2. The first kappa shape index (κ1) is 16.4. The monoisotopic (exact) mass is 324 g/mol. The van der Waals surface area contributed by atoms with Gasteiger partial charge in [-0.1, -0.05) is 91.2 Å². The molecule has 1 nitrogen and oxygen atoms in total. The fourth-order valence-electron chi connectivity index (χ4n) is 2.13. The molecule has 1 rings (SSSR count). The molecule has 1 aromatic carbocycles. The number of carbonyl (C=O) groups is 1. The molecule has 1 aromatic rings. The van der Waals surface area contributed by atoms with Crippen molar-refractivity contribution in [3.63, 3.8) is 0 Å². The van der Waals surface area contributed by atoms with Gasteiger partial charge in [-0.25, -0.2) is 0 Å². The Bertz CT molecular complexity index is 369. The van der Waals surface area contributed by atoms with Crippen molar-refractivity contribution in [3.05, 3.63) is 35.4 Å². The van der Waals surface area contributed by atoms with Crippen LogP contribution in [-0.4, -0.2) is 10.6 Å². The molecule has 0 saturated carbocycles. The van der Waals surface area contributed by atoms with E-state index in [0.29, 0.717) is 0 Å². The van der Waals surface area contributed by atoms with E-state index in [1.165, 1.54) is 37.7 Å². The molecule has 0 radical (unpaired) electrons. The lowest BCUT2D eigenvalue weighted by Crippen LogP contribution is -2.14. The normalized spacial score (nSPS) is 12.4. The largest absolute Gasteiger partial charge is 0.293 e. The van der Waals surface area contributed by atoms with Crippen molar-refractivity contribution in [3.8, 4) is 0 Å². The summed E-state index contributed by atoms with van der Waals surface area (Å²) in [6.45, 7) is 4.27. The van der Waals surface area contributed by atoms with Crippen LogP contribution in [0.3, 0.4) is 0 Å². The summed E-state index contributed by atoms with van der Waals surface area (Å²) in [6.07, 6.45) is 8.56. The number of hydrogen-bond donors (Lipinski definition) is 0. The second-order valence-corrected chi connectivity index (χ2v) is 6.36. The second kappa shape index (κ2) is 9.30. The lowest BCUT2D eigenvalue weighted by atomic mass is 10.0. The number of unbranched alkanes of at least 4 members (excludes halogenated alkanes) is 5. The topological polar surface area (TPSA) is 17.1 Å². The molecule has 0 aliphatic heterocycles. The Kier molecular flexibility index (Phi) is 8.04. The van der Waals surface area contributed by atoms with E-state index in [2.05, 4.69) is 22.9 Å². The van der Waals surface area contributed by atoms with Crippen LogP contribution in [-0.2, 0) is 0 Å². The van der Waals surface area contributed by atoms with Crippen LogP contribution in [0.1, 0.15) is 67.8 Å². The number of carbonyl (C=O) groups excluding carboxylic acids is 1. The maximum Gasteiger partial charge on any atom is 0.176 e. The highest BCUT2D eigenvalue weighted by atomic mass is 79.9. The molecule has 1 unspecified atom stereocenters. The summed E-state index contributed by atoms with van der Waals surface area (Å²) in [5.41, 5.74) is 2.01. The van der Waals surface area contributed by atoms with E-state index < -0.39 is 0 Å². The molecule has 106 valence electrons. The molecule has 0 saturated heterocycles. The highest BCUT2D eigenvalue weighted by Gasteiger charge is 2.15. The Balaban J connectivity index is 2.27. The zero-order valence-electron chi connectivity index (χ0n) is 12.1. The van der Waals surface area contributed by atoms with Crippen LogP contribution in [0.2, 0.25) is 0 Å². The molecule has 19 heavy (non-hydrogen) atoms. The summed E-state index contributed by atoms with van der Waals surface area (Å²) in [6, 6.07) is 7.84. The number of rotatable bonds is 9. The predicted octanol–water partition coefficient (Wildman–Crippen LogP) is 5.69. The van der Waals surface area contributed by atoms with Crippen LogP contribution >= 0.6 is 15.9 Å². The van der Waals surface area contributed by atoms with E-state index in [1.807, 2.05) is 31.2 Å².